The molecule has 0 aliphatic carbocycles. The minimum atomic E-state index is -0.566. The fourth-order valence-electron chi connectivity index (χ4n) is 1.03. The van der Waals surface area contributed by atoms with E-state index >= 15 is 0 Å². The summed E-state index contributed by atoms with van der Waals surface area (Å²) in [5.41, 5.74) is 0.735. The second kappa shape index (κ2) is 6.36. The summed E-state index contributed by atoms with van der Waals surface area (Å²) in [5, 5.41) is -1.13. The summed E-state index contributed by atoms with van der Waals surface area (Å²) in [6.45, 7) is 0. The van der Waals surface area contributed by atoms with Crippen molar-refractivity contribution in [3.8, 4) is 0 Å². The van der Waals surface area contributed by atoms with E-state index in [4.69, 9.17) is 23.2 Å². The number of rotatable bonds is 2. The molecule has 0 aliphatic heterocycles. The van der Waals surface area contributed by atoms with Gasteiger partial charge in [0, 0.05) is 0 Å². The summed E-state index contributed by atoms with van der Waals surface area (Å²) >= 11 is 18.4. The molecule has 0 heterocycles. The zero-order chi connectivity index (χ0) is 12.6. The molecule has 1 rings (SSSR count). The van der Waals surface area contributed by atoms with Gasteiger partial charge in [-0.25, -0.2) is 0 Å². The van der Waals surface area contributed by atoms with Crippen LogP contribution in [0.4, 0.5) is 0 Å². The molecule has 0 N–H and O–H groups in total. The van der Waals surface area contributed by atoms with Gasteiger partial charge in [0.15, 0.2) is 0 Å². The van der Waals surface area contributed by atoms with Gasteiger partial charge in [-0.2, -0.15) is 0 Å². The molecule has 86 valence electrons. The average Bonchev–Trinajstić information content (AvgIpc) is 2.13. The van der Waals surface area contributed by atoms with Crippen molar-refractivity contribution in [1.29, 1.82) is 0 Å². The Morgan fingerprint density at radius 1 is 0.875 bits per heavy atom. The van der Waals surface area contributed by atoms with Crippen LogP contribution in [0.2, 0.25) is 0 Å². The molecule has 1 unspecified atom stereocenters. The van der Waals surface area contributed by atoms with Crippen molar-refractivity contribution in [3.05, 3.63) is 21.8 Å². The Balaban J connectivity index is 3.80. The van der Waals surface area contributed by atoms with Gasteiger partial charge >= 0.3 is 154 Å². The van der Waals surface area contributed by atoms with E-state index in [9.17, 15) is 9.59 Å². The van der Waals surface area contributed by atoms with E-state index in [-0.39, 0.29) is 0 Å². The molecule has 0 saturated heterocycles. The zero-order valence-corrected chi connectivity index (χ0v) is 17.7. The van der Waals surface area contributed by atoms with Crippen LogP contribution < -0.4 is 4.35 Å². The maximum atomic E-state index is 11.3. The normalized spacial score (nSPS) is 10.4. The molecular weight excluding hydrogens is 655 g/mol. The van der Waals surface area contributed by atoms with Crippen molar-refractivity contribution >= 4 is 123 Å². The van der Waals surface area contributed by atoms with Crippen molar-refractivity contribution in [1.82, 2.24) is 0 Å². The van der Waals surface area contributed by atoms with Gasteiger partial charge in [-0.15, -0.1) is 0 Å². The number of benzene rings is 1. The van der Waals surface area contributed by atoms with E-state index in [2.05, 4.69) is 45.2 Å². The molecular formula is C8H2AsCl2I3O2. The predicted molar refractivity (Wildman–Crippen MR) is 93.1 cm³/mol. The molecule has 0 amide bonds. The van der Waals surface area contributed by atoms with Crippen LogP contribution in [0.3, 0.4) is 0 Å². The number of carbonyl (C=O) groups excluding carboxylic acids is 2. The molecule has 0 fully saturated rings. The van der Waals surface area contributed by atoms with Crippen LogP contribution in [0.25, 0.3) is 0 Å². The molecule has 0 saturated carbocycles. The van der Waals surface area contributed by atoms with Crippen molar-refractivity contribution in [2.45, 2.75) is 0 Å². The number of hydrogen-bond donors (Lipinski definition) is 0. The van der Waals surface area contributed by atoms with E-state index in [1.165, 1.54) is 16.9 Å². The molecule has 1 aromatic rings. The van der Waals surface area contributed by atoms with Gasteiger partial charge in [0.1, 0.15) is 0 Å². The van der Waals surface area contributed by atoms with E-state index in [0.29, 0.717) is 14.7 Å². The Morgan fingerprint density at radius 3 is 1.44 bits per heavy atom. The second-order valence-corrected chi connectivity index (χ2v) is 7.79. The standard InChI is InChI=1S/C8H2AsCl2I3O2/c9-3-5(13)1(7(10)15)4(12)2(6(3)14)8(11)16/h9H2. The van der Waals surface area contributed by atoms with Crippen LogP contribution in [0.1, 0.15) is 20.7 Å². The minimum absolute atomic E-state index is 0.367. The molecule has 0 aromatic heterocycles. The summed E-state index contributed by atoms with van der Waals surface area (Å²) in [7, 11) is 0. The topological polar surface area (TPSA) is 34.1 Å². The quantitative estimate of drug-likeness (QED) is 0.279. The van der Waals surface area contributed by atoms with Crippen LogP contribution in [-0.2, 0) is 0 Å². The Bertz CT molecular complexity index is 464. The monoisotopic (exact) mass is 656 g/mol. The zero-order valence-electron chi connectivity index (χ0n) is 7.28. The van der Waals surface area contributed by atoms with Crippen LogP contribution in [0.15, 0.2) is 0 Å². The maximum absolute atomic E-state index is 11.3. The Hall–Kier alpha value is 1.89. The third-order valence-corrected chi connectivity index (χ3v) is 9.12. The molecule has 2 nitrogen and oxygen atoms in total. The molecule has 1 aromatic carbocycles. The first kappa shape index (κ1) is 15.9. The van der Waals surface area contributed by atoms with Gasteiger partial charge in [0.25, 0.3) is 0 Å². The molecule has 16 heavy (non-hydrogen) atoms. The van der Waals surface area contributed by atoms with Gasteiger partial charge in [0.2, 0.25) is 0 Å². The Morgan fingerprint density at radius 2 is 1.19 bits per heavy atom. The van der Waals surface area contributed by atoms with Crippen LogP contribution in [0, 0.1) is 10.7 Å². The van der Waals surface area contributed by atoms with Crippen molar-refractivity contribution < 1.29 is 9.59 Å². The van der Waals surface area contributed by atoms with Crippen molar-refractivity contribution in [3.63, 3.8) is 0 Å². The molecule has 8 heteroatoms. The fraction of sp³-hybridized carbons (Fsp3) is 0. The first-order valence-corrected chi connectivity index (χ1v) is 8.85. The molecule has 0 radical (unpaired) electrons. The van der Waals surface area contributed by atoms with E-state index in [1.54, 1.807) is 0 Å². The van der Waals surface area contributed by atoms with Crippen LogP contribution in [0.5, 0.6) is 0 Å². The number of hydrogen-bond acceptors (Lipinski definition) is 2. The Kier molecular flexibility index (Phi) is 6.34. The first-order valence-electron chi connectivity index (χ1n) is 3.64. The fourth-order valence-corrected chi connectivity index (χ4v) is 6.80. The number of halogens is 5. The van der Waals surface area contributed by atoms with E-state index < -0.39 is 10.5 Å². The molecule has 1 atom stereocenters. The van der Waals surface area contributed by atoms with Gasteiger partial charge in [0.05, 0.1) is 0 Å². The van der Waals surface area contributed by atoms with Gasteiger partial charge in [-0.3, -0.25) is 0 Å². The number of carbonyl (C=O) groups is 2. The van der Waals surface area contributed by atoms with Gasteiger partial charge < -0.3 is 0 Å². The summed E-state index contributed by atoms with van der Waals surface area (Å²) in [4.78, 5) is 22.7. The molecule has 0 bridgehead atoms. The predicted octanol–water partition coefficient (Wildman–Crippen LogP) is 2.52. The van der Waals surface area contributed by atoms with Gasteiger partial charge in [-0.05, 0) is 0 Å². The summed E-state index contributed by atoms with van der Waals surface area (Å²) < 4.78 is 3.00. The van der Waals surface area contributed by atoms with E-state index in [1.807, 2.05) is 22.6 Å². The first-order chi connectivity index (χ1) is 7.29. The summed E-state index contributed by atoms with van der Waals surface area (Å²) in [6, 6.07) is 0. The van der Waals surface area contributed by atoms with E-state index in [0.717, 1.165) is 11.5 Å². The Labute approximate surface area is 151 Å². The summed E-state index contributed by atoms with van der Waals surface area (Å²) in [5.74, 6) is 0. The van der Waals surface area contributed by atoms with Gasteiger partial charge in [-0.1, -0.05) is 0 Å². The third-order valence-electron chi connectivity index (χ3n) is 1.74. The average molecular weight is 657 g/mol. The van der Waals surface area contributed by atoms with Crippen molar-refractivity contribution in [2.75, 3.05) is 0 Å². The molecule has 0 spiro atoms. The summed E-state index contributed by atoms with van der Waals surface area (Å²) in [6.07, 6.45) is 0. The van der Waals surface area contributed by atoms with Crippen LogP contribution >= 0.6 is 91.0 Å². The van der Waals surface area contributed by atoms with Crippen molar-refractivity contribution in [2.24, 2.45) is 0 Å². The SMILES string of the molecule is O=C(Cl)c1c(I)c([AsH2])c(I)c(C(=O)Cl)c1I. The van der Waals surface area contributed by atoms with Crippen LogP contribution in [-0.4, -0.2) is 27.3 Å². The molecule has 0 aliphatic rings. The third kappa shape index (κ3) is 3.07. The second-order valence-electron chi connectivity index (χ2n) is 2.65.